The van der Waals surface area contributed by atoms with Crippen LogP contribution < -0.4 is 16.4 Å². The van der Waals surface area contributed by atoms with E-state index < -0.39 is 6.03 Å². The zero-order chi connectivity index (χ0) is 10.1. The molecular formula is C7H15N3O3. The molecule has 0 rings (SSSR count). The summed E-state index contributed by atoms with van der Waals surface area (Å²) < 4.78 is 0. The highest BCUT2D eigenvalue weighted by molar-refractivity contribution is 5.76. The Kier molecular flexibility index (Phi) is 6.62. The van der Waals surface area contributed by atoms with Crippen LogP contribution >= 0.6 is 0 Å². The molecule has 0 saturated carbocycles. The molecule has 0 radical (unpaired) electrons. The van der Waals surface area contributed by atoms with Crippen LogP contribution in [0.2, 0.25) is 0 Å². The molecule has 3 amide bonds. The number of nitrogens with two attached hydrogens (primary N) is 1. The number of amides is 3. The van der Waals surface area contributed by atoms with E-state index in [1.807, 2.05) is 0 Å². The lowest BCUT2D eigenvalue weighted by atomic mass is 10.3. The number of aliphatic hydroxyl groups is 1. The Bertz CT molecular complexity index is 172. The van der Waals surface area contributed by atoms with Crippen LogP contribution in [-0.4, -0.2) is 36.7 Å². The van der Waals surface area contributed by atoms with E-state index in [0.29, 0.717) is 25.9 Å². The van der Waals surface area contributed by atoms with Crippen molar-refractivity contribution in [2.75, 3.05) is 19.7 Å². The van der Waals surface area contributed by atoms with E-state index in [2.05, 4.69) is 10.6 Å². The first-order chi connectivity index (χ1) is 6.16. The second-order valence-electron chi connectivity index (χ2n) is 2.47. The number of urea groups is 1. The molecule has 0 saturated heterocycles. The molecule has 0 bridgehead atoms. The fourth-order valence-corrected chi connectivity index (χ4v) is 0.716. The smallest absolute Gasteiger partial charge is 0.312 e. The first kappa shape index (κ1) is 11.7. The van der Waals surface area contributed by atoms with Crippen molar-refractivity contribution in [2.24, 2.45) is 5.73 Å². The molecule has 6 heteroatoms. The first-order valence-electron chi connectivity index (χ1n) is 4.07. The molecule has 0 atom stereocenters. The van der Waals surface area contributed by atoms with E-state index in [-0.39, 0.29) is 12.5 Å². The van der Waals surface area contributed by atoms with Crippen molar-refractivity contribution in [1.29, 1.82) is 0 Å². The minimum Gasteiger partial charge on any atom is -0.396 e. The van der Waals surface area contributed by atoms with Gasteiger partial charge in [0.25, 0.3) is 0 Å². The van der Waals surface area contributed by atoms with Crippen LogP contribution in [-0.2, 0) is 4.79 Å². The highest BCUT2D eigenvalue weighted by Gasteiger charge is 1.98. The van der Waals surface area contributed by atoms with Crippen LogP contribution in [0.25, 0.3) is 0 Å². The topological polar surface area (TPSA) is 104 Å². The minimum absolute atomic E-state index is 0.00690. The summed E-state index contributed by atoms with van der Waals surface area (Å²) in [5, 5.41) is 13.3. The normalized spacial score (nSPS) is 9.31. The third kappa shape index (κ3) is 8.61. The summed E-state index contributed by atoms with van der Waals surface area (Å²) >= 11 is 0. The summed E-state index contributed by atoms with van der Waals surface area (Å²) in [5.74, 6) is -0.139. The monoisotopic (exact) mass is 189 g/mol. The summed E-state index contributed by atoms with van der Waals surface area (Å²) in [7, 11) is 0. The molecule has 0 spiro atoms. The van der Waals surface area contributed by atoms with Gasteiger partial charge in [0.05, 0.1) is 0 Å². The molecular weight excluding hydrogens is 174 g/mol. The van der Waals surface area contributed by atoms with Gasteiger partial charge < -0.3 is 21.5 Å². The second-order valence-corrected chi connectivity index (χ2v) is 2.47. The predicted octanol–water partition coefficient (Wildman–Crippen LogP) is -1.46. The molecule has 0 aromatic carbocycles. The average molecular weight is 189 g/mol. The summed E-state index contributed by atoms with van der Waals surface area (Å²) in [6, 6.07) is -0.607. The van der Waals surface area contributed by atoms with E-state index in [0.717, 1.165) is 0 Å². The van der Waals surface area contributed by atoms with Gasteiger partial charge in [0.1, 0.15) is 0 Å². The van der Waals surface area contributed by atoms with Crippen molar-refractivity contribution >= 4 is 11.9 Å². The molecule has 13 heavy (non-hydrogen) atoms. The Hall–Kier alpha value is -1.30. The Labute approximate surface area is 76.5 Å². The Morgan fingerprint density at radius 2 is 1.85 bits per heavy atom. The second kappa shape index (κ2) is 7.35. The van der Waals surface area contributed by atoms with Crippen LogP contribution in [0.15, 0.2) is 0 Å². The average Bonchev–Trinajstić information content (AvgIpc) is 2.08. The molecule has 0 aliphatic carbocycles. The minimum atomic E-state index is -0.607. The number of carbonyl (C=O) groups excluding carboxylic acids is 2. The molecule has 76 valence electrons. The Balaban J connectivity index is 3.22. The fourth-order valence-electron chi connectivity index (χ4n) is 0.716. The number of primary amides is 1. The summed E-state index contributed by atoms with van der Waals surface area (Å²) in [6.07, 6.45) is 0.752. The van der Waals surface area contributed by atoms with Crippen LogP contribution in [0.1, 0.15) is 12.8 Å². The van der Waals surface area contributed by atoms with Gasteiger partial charge in [-0.2, -0.15) is 0 Å². The molecule has 0 aromatic rings. The van der Waals surface area contributed by atoms with Gasteiger partial charge in [-0.3, -0.25) is 4.79 Å². The van der Waals surface area contributed by atoms with E-state index in [1.54, 1.807) is 0 Å². The fraction of sp³-hybridized carbons (Fsp3) is 0.714. The molecule has 0 unspecified atom stereocenters. The number of nitrogens with one attached hydrogen (secondary N) is 2. The zero-order valence-electron chi connectivity index (χ0n) is 7.38. The standard InChI is InChI=1S/C7H15N3O3/c8-7(13)10-4-3-9-6(12)2-1-5-11/h11H,1-5H2,(H,9,12)(H3,8,10,13). The quantitative estimate of drug-likeness (QED) is 0.384. The molecule has 0 aliphatic rings. The Morgan fingerprint density at radius 1 is 1.23 bits per heavy atom. The number of aliphatic hydroxyl groups excluding tert-OH is 1. The largest absolute Gasteiger partial charge is 0.396 e. The lowest BCUT2D eigenvalue weighted by Crippen LogP contribution is -2.37. The lowest BCUT2D eigenvalue weighted by molar-refractivity contribution is -0.121. The molecule has 0 aliphatic heterocycles. The van der Waals surface area contributed by atoms with Crippen molar-refractivity contribution < 1.29 is 14.7 Å². The molecule has 5 N–H and O–H groups in total. The molecule has 6 nitrogen and oxygen atoms in total. The highest BCUT2D eigenvalue weighted by atomic mass is 16.3. The maximum atomic E-state index is 10.9. The van der Waals surface area contributed by atoms with Gasteiger partial charge in [0.15, 0.2) is 0 Å². The number of rotatable bonds is 6. The van der Waals surface area contributed by atoms with E-state index >= 15 is 0 Å². The van der Waals surface area contributed by atoms with Crippen molar-refractivity contribution in [3.63, 3.8) is 0 Å². The van der Waals surface area contributed by atoms with Gasteiger partial charge in [-0.25, -0.2) is 4.79 Å². The SMILES string of the molecule is NC(=O)NCCNC(=O)CCCO. The summed E-state index contributed by atoms with van der Waals surface area (Å²) in [5.41, 5.74) is 4.79. The maximum Gasteiger partial charge on any atom is 0.312 e. The van der Waals surface area contributed by atoms with Crippen molar-refractivity contribution in [2.45, 2.75) is 12.8 Å². The van der Waals surface area contributed by atoms with E-state index in [9.17, 15) is 9.59 Å². The third-order valence-corrected chi connectivity index (χ3v) is 1.31. The van der Waals surface area contributed by atoms with Crippen LogP contribution in [0, 0.1) is 0 Å². The summed E-state index contributed by atoms with van der Waals surface area (Å²) in [4.78, 5) is 21.1. The highest BCUT2D eigenvalue weighted by Crippen LogP contribution is 1.85. The first-order valence-corrected chi connectivity index (χ1v) is 4.07. The summed E-state index contributed by atoms with van der Waals surface area (Å²) in [6.45, 7) is 0.681. The van der Waals surface area contributed by atoms with Crippen molar-refractivity contribution in [3.8, 4) is 0 Å². The van der Waals surface area contributed by atoms with Crippen LogP contribution in [0.5, 0.6) is 0 Å². The van der Waals surface area contributed by atoms with E-state index in [1.165, 1.54) is 0 Å². The zero-order valence-corrected chi connectivity index (χ0v) is 7.38. The predicted molar refractivity (Wildman–Crippen MR) is 46.9 cm³/mol. The van der Waals surface area contributed by atoms with E-state index in [4.69, 9.17) is 10.8 Å². The number of hydrogen-bond acceptors (Lipinski definition) is 3. The van der Waals surface area contributed by atoms with Crippen molar-refractivity contribution in [1.82, 2.24) is 10.6 Å². The third-order valence-electron chi connectivity index (χ3n) is 1.31. The maximum absolute atomic E-state index is 10.9. The van der Waals surface area contributed by atoms with Gasteiger partial charge in [0.2, 0.25) is 5.91 Å². The van der Waals surface area contributed by atoms with Gasteiger partial charge in [-0.15, -0.1) is 0 Å². The van der Waals surface area contributed by atoms with Crippen molar-refractivity contribution in [3.05, 3.63) is 0 Å². The lowest BCUT2D eigenvalue weighted by Gasteiger charge is -2.04. The number of hydrogen-bond donors (Lipinski definition) is 4. The van der Waals surface area contributed by atoms with Gasteiger partial charge in [-0.05, 0) is 6.42 Å². The molecule has 0 heterocycles. The molecule has 0 fully saturated rings. The van der Waals surface area contributed by atoms with Gasteiger partial charge >= 0.3 is 6.03 Å². The van der Waals surface area contributed by atoms with Crippen LogP contribution in [0.3, 0.4) is 0 Å². The van der Waals surface area contributed by atoms with Gasteiger partial charge in [0, 0.05) is 26.1 Å². The molecule has 0 aromatic heterocycles. The Morgan fingerprint density at radius 3 is 2.38 bits per heavy atom. The van der Waals surface area contributed by atoms with Crippen LogP contribution in [0.4, 0.5) is 4.79 Å². The number of carbonyl (C=O) groups is 2. The van der Waals surface area contributed by atoms with Gasteiger partial charge in [-0.1, -0.05) is 0 Å².